The van der Waals surface area contributed by atoms with Gasteiger partial charge in [-0.1, -0.05) is 122 Å². The maximum Gasteiger partial charge on any atom is 0.306 e. The summed E-state index contributed by atoms with van der Waals surface area (Å²) in [6, 6.07) is 0. The molecule has 0 fully saturated rings. The minimum Gasteiger partial charge on any atom is -0.545 e. The Morgan fingerprint density at radius 3 is 1.63 bits per heavy atom. The normalized spacial score (nSPS) is 13.2. The lowest BCUT2D eigenvalue weighted by Crippen LogP contribution is -2.44. The Hall–Kier alpha value is -2.23. The van der Waals surface area contributed by atoms with E-state index >= 15 is 0 Å². The van der Waals surface area contributed by atoms with E-state index in [9.17, 15) is 19.5 Å². The fourth-order valence-corrected chi connectivity index (χ4v) is 5.09. The van der Waals surface area contributed by atoms with E-state index < -0.39 is 24.3 Å². The molecule has 0 amide bonds. The molecule has 0 radical (unpaired) electrons. The van der Waals surface area contributed by atoms with Gasteiger partial charge in [0, 0.05) is 12.8 Å². The maximum absolute atomic E-state index is 12.6. The van der Waals surface area contributed by atoms with Crippen LogP contribution >= 0.6 is 0 Å². The summed E-state index contributed by atoms with van der Waals surface area (Å²) in [6.07, 6.45) is 29.5. The van der Waals surface area contributed by atoms with Crippen molar-refractivity contribution in [1.29, 1.82) is 0 Å². The van der Waals surface area contributed by atoms with Gasteiger partial charge >= 0.3 is 11.9 Å². The molecule has 0 spiro atoms. The van der Waals surface area contributed by atoms with Gasteiger partial charge in [-0.3, -0.25) is 9.59 Å². The quantitative estimate of drug-likeness (QED) is 0.0216. The highest BCUT2D eigenvalue weighted by Gasteiger charge is 2.21. The molecule has 0 aromatic heterocycles. The molecule has 0 bridgehead atoms. The standard InChI is InChI=1S/C40H73NO8/c1-6-8-10-12-14-15-16-17-18-19-20-21-22-23-24-25-27-29-31-38(43)49-36(34-47-37(42)30-28-26-13-11-9-7-2)35-48-40(39(44)45)46-33-32-41(3,4)5/h15-16,18-19,36,40H,6-14,17,20-35H2,1-5H3/b16-15-,19-18-. The predicted molar refractivity (Wildman–Crippen MR) is 196 cm³/mol. The maximum atomic E-state index is 12.6. The van der Waals surface area contributed by atoms with Crippen LogP contribution < -0.4 is 5.11 Å². The highest BCUT2D eigenvalue weighted by molar-refractivity contribution is 5.70. The van der Waals surface area contributed by atoms with Crippen LogP contribution in [0.25, 0.3) is 0 Å². The van der Waals surface area contributed by atoms with E-state index in [4.69, 9.17) is 18.9 Å². The Balaban J connectivity index is 4.41. The molecule has 0 aromatic rings. The molecule has 0 aliphatic carbocycles. The van der Waals surface area contributed by atoms with Crippen LogP contribution in [0.1, 0.15) is 155 Å². The fourth-order valence-electron chi connectivity index (χ4n) is 5.09. The molecule has 0 aromatic carbocycles. The molecule has 9 nitrogen and oxygen atoms in total. The molecule has 9 heteroatoms. The number of unbranched alkanes of at least 4 members (excludes halogenated alkanes) is 16. The second kappa shape index (κ2) is 32.9. The third-order valence-corrected chi connectivity index (χ3v) is 8.20. The average molecular weight is 696 g/mol. The molecular weight excluding hydrogens is 622 g/mol. The van der Waals surface area contributed by atoms with E-state index in [0.29, 0.717) is 17.4 Å². The van der Waals surface area contributed by atoms with Crippen molar-refractivity contribution in [3.05, 3.63) is 24.3 Å². The van der Waals surface area contributed by atoms with Crippen molar-refractivity contribution in [3.8, 4) is 0 Å². The van der Waals surface area contributed by atoms with Gasteiger partial charge < -0.3 is 33.3 Å². The molecule has 0 saturated carbocycles. The third-order valence-electron chi connectivity index (χ3n) is 8.20. The van der Waals surface area contributed by atoms with Gasteiger partial charge in [0.15, 0.2) is 12.4 Å². The number of allylic oxidation sites excluding steroid dienone is 4. The van der Waals surface area contributed by atoms with Crippen molar-refractivity contribution in [1.82, 2.24) is 0 Å². The van der Waals surface area contributed by atoms with Crippen molar-refractivity contribution >= 4 is 17.9 Å². The molecule has 0 aliphatic heterocycles. The van der Waals surface area contributed by atoms with Crippen LogP contribution in [0.2, 0.25) is 0 Å². The molecular formula is C40H73NO8. The molecule has 286 valence electrons. The lowest BCUT2D eigenvalue weighted by Gasteiger charge is -2.26. The summed E-state index contributed by atoms with van der Waals surface area (Å²) in [5.74, 6) is -2.31. The first-order valence-electron chi connectivity index (χ1n) is 19.5. The highest BCUT2D eigenvalue weighted by Crippen LogP contribution is 2.13. The van der Waals surface area contributed by atoms with Crippen LogP contribution in [-0.4, -0.2) is 82.3 Å². The van der Waals surface area contributed by atoms with Crippen LogP contribution in [0.5, 0.6) is 0 Å². The molecule has 2 unspecified atom stereocenters. The second-order valence-electron chi connectivity index (χ2n) is 14.2. The van der Waals surface area contributed by atoms with Gasteiger partial charge in [-0.25, -0.2) is 0 Å². The number of rotatable bonds is 35. The smallest absolute Gasteiger partial charge is 0.306 e. The van der Waals surface area contributed by atoms with Crippen LogP contribution in [0.3, 0.4) is 0 Å². The summed E-state index contributed by atoms with van der Waals surface area (Å²) < 4.78 is 22.3. The van der Waals surface area contributed by atoms with Crippen molar-refractivity contribution in [2.45, 2.75) is 167 Å². The van der Waals surface area contributed by atoms with Gasteiger partial charge in [-0.05, 0) is 44.9 Å². The van der Waals surface area contributed by atoms with Crippen molar-refractivity contribution in [3.63, 3.8) is 0 Å². The van der Waals surface area contributed by atoms with Gasteiger partial charge in [0.25, 0.3) is 0 Å². The molecule has 0 N–H and O–H groups in total. The van der Waals surface area contributed by atoms with E-state index in [1.54, 1.807) is 0 Å². The number of aliphatic carboxylic acids is 1. The van der Waals surface area contributed by atoms with Gasteiger partial charge in [0.2, 0.25) is 0 Å². The first-order valence-corrected chi connectivity index (χ1v) is 19.5. The number of hydrogen-bond acceptors (Lipinski definition) is 8. The lowest BCUT2D eigenvalue weighted by atomic mass is 10.1. The number of nitrogens with zero attached hydrogens (tertiary/aromatic N) is 1. The molecule has 0 aliphatic rings. The van der Waals surface area contributed by atoms with E-state index in [1.165, 1.54) is 64.2 Å². The van der Waals surface area contributed by atoms with Gasteiger partial charge in [-0.15, -0.1) is 0 Å². The first kappa shape index (κ1) is 46.8. The summed E-state index contributed by atoms with van der Waals surface area (Å²) >= 11 is 0. The number of carbonyl (C=O) groups excluding carboxylic acids is 3. The average Bonchev–Trinajstić information content (AvgIpc) is 3.05. The Kier molecular flexibility index (Phi) is 31.4. The summed E-state index contributed by atoms with van der Waals surface area (Å²) in [4.78, 5) is 36.5. The van der Waals surface area contributed by atoms with Crippen molar-refractivity contribution in [2.24, 2.45) is 0 Å². The SMILES string of the molecule is CCCCCC/C=C\C/C=C\CCCCCCCCCC(=O)OC(COC(=O)CCCCCCCC)COC(OCC[N+](C)(C)C)C(=O)[O-]. The Bertz CT molecular complexity index is 867. The van der Waals surface area contributed by atoms with Crippen LogP contribution in [0.4, 0.5) is 0 Å². The van der Waals surface area contributed by atoms with Crippen LogP contribution in [-0.2, 0) is 33.3 Å². The summed E-state index contributed by atoms with van der Waals surface area (Å²) in [7, 11) is 5.89. The minimum absolute atomic E-state index is 0.147. The van der Waals surface area contributed by atoms with Gasteiger partial charge in [0.1, 0.15) is 13.2 Å². The number of carboxylic acids is 1. The molecule has 2 atom stereocenters. The fraction of sp³-hybridized carbons (Fsp3) is 0.825. The Labute approximate surface area is 299 Å². The van der Waals surface area contributed by atoms with Crippen molar-refractivity contribution in [2.75, 3.05) is 47.5 Å². The number of likely N-dealkylation sites (N-methyl/N-ethyl adjacent to an activating group) is 1. The third kappa shape index (κ3) is 34.0. The topological polar surface area (TPSA) is 111 Å². The van der Waals surface area contributed by atoms with E-state index in [1.807, 2.05) is 21.1 Å². The monoisotopic (exact) mass is 696 g/mol. The number of hydrogen-bond donors (Lipinski definition) is 0. The minimum atomic E-state index is -1.62. The molecule has 0 saturated heterocycles. The zero-order valence-electron chi connectivity index (χ0n) is 32.1. The molecule has 49 heavy (non-hydrogen) atoms. The zero-order valence-corrected chi connectivity index (χ0v) is 32.1. The molecule has 0 heterocycles. The Morgan fingerprint density at radius 2 is 1.10 bits per heavy atom. The Morgan fingerprint density at radius 1 is 0.612 bits per heavy atom. The van der Waals surface area contributed by atoms with E-state index in [0.717, 1.165) is 57.8 Å². The van der Waals surface area contributed by atoms with Crippen molar-refractivity contribution < 1.29 is 42.9 Å². The second-order valence-corrected chi connectivity index (χ2v) is 14.2. The van der Waals surface area contributed by atoms with E-state index in [2.05, 4.69) is 38.2 Å². The predicted octanol–water partition coefficient (Wildman–Crippen LogP) is 7.99. The van der Waals surface area contributed by atoms with Gasteiger partial charge in [0.05, 0.1) is 40.3 Å². The van der Waals surface area contributed by atoms with E-state index in [-0.39, 0.29) is 38.6 Å². The van der Waals surface area contributed by atoms with Crippen LogP contribution in [0.15, 0.2) is 24.3 Å². The summed E-state index contributed by atoms with van der Waals surface area (Å²) in [5, 5.41) is 11.6. The largest absolute Gasteiger partial charge is 0.545 e. The summed E-state index contributed by atoms with van der Waals surface area (Å²) in [5.41, 5.74) is 0. The number of carboxylic acid groups (broad SMARTS) is 1. The zero-order chi connectivity index (χ0) is 36.4. The number of quaternary nitrogens is 1. The lowest BCUT2D eigenvalue weighted by molar-refractivity contribution is -0.870. The molecule has 0 rings (SSSR count). The first-order chi connectivity index (χ1) is 23.6. The van der Waals surface area contributed by atoms with Crippen LogP contribution in [0, 0.1) is 0 Å². The summed E-state index contributed by atoms with van der Waals surface area (Å²) in [6.45, 7) is 4.63. The number of esters is 2. The van der Waals surface area contributed by atoms with Gasteiger partial charge in [-0.2, -0.15) is 0 Å². The number of ether oxygens (including phenoxy) is 4. The highest BCUT2D eigenvalue weighted by atomic mass is 16.7. The number of carbonyl (C=O) groups is 3.